The predicted octanol–water partition coefficient (Wildman–Crippen LogP) is -2.62. The van der Waals surface area contributed by atoms with Crippen LogP contribution in [0.1, 0.15) is 107 Å². The minimum atomic E-state index is -4.87. The van der Waals surface area contributed by atoms with Gasteiger partial charge in [0.05, 0.1) is 55.4 Å². The standard InChI is InChI=1S/C57H94O28S/c1-20(2)21(3)45-49(81-45)57(9,70)33-11-10-27-26-17-30(29-16-25(85-86(71,72)73)12-14-55(29,7)28(26)13-15-56(27,33)8)78-52-44(69)46(36(61)24(6)77-52)82-53-47(83-50-42(67)39(64)34(59)22(4)75-50)38(63)32(19-74-53)80-54-48(41(66)37(62)31(18-58)79-54)84-51-43(68)40(65)35(60)23(5)76-51/h13,20-27,29-54,58-70H,10-12,14-19H2,1-9H3,(H,71,72,73)/t21?,22?,23?,24?,25?,26?,27?,29?,30?,31?,32-,33+,34-,35-,36-,37+,38?,39?,40?,41?,42?,43?,44?,45?,46?,47?,48?,49?,50+,51+,52+,53+,54+,55-,56+,57?/m1/s1. The summed E-state index contributed by atoms with van der Waals surface area (Å²) in [5, 5.41) is 146. The van der Waals surface area contributed by atoms with E-state index in [2.05, 4.69) is 40.7 Å². The van der Waals surface area contributed by atoms with Gasteiger partial charge in [0.15, 0.2) is 31.5 Å². The Bertz CT molecular complexity index is 2460. The fourth-order valence-corrected chi connectivity index (χ4v) is 16.7. The van der Waals surface area contributed by atoms with Crippen molar-refractivity contribution in [1.82, 2.24) is 0 Å². The fraction of sp³-hybridized carbons (Fsp3) is 0.965. The van der Waals surface area contributed by atoms with Crippen molar-refractivity contribution >= 4 is 10.4 Å². The summed E-state index contributed by atoms with van der Waals surface area (Å²) < 4.78 is 107. The summed E-state index contributed by atoms with van der Waals surface area (Å²) in [6, 6.07) is 0. The van der Waals surface area contributed by atoms with Crippen LogP contribution in [-0.4, -0.2) is 270 Å². The van der Waals surface area contributed by atoms with Gasteiger partial charge in [-0.05, 0) is 119 Å². The van der Waals surface area contributed by atoms with Gasteiger partial charge in [-0.1, -0.05) is 46.3 Å². The lowest BCUT2D eigenvalue weighted by atomic mass is 9.47. The van der Waals surface area contributed by atoms with Crippen LogP contribution in [-0.2, 0) is 66.7 Å². The molecule has 0 aromatic rings. The first-order valence-electron chi connectivity index (χ1n) is 30.6. The Morgan fingerprint density at radius 3 is 1.76 bits per heavy atom. The molecule has 28 nitrogen and oxygen atoms in total. The molecule has 36 atom stereocenters. The first kappa shape index (κ1) is 67.5. The van der Waals surface area contributed by atoms with Crippen molar-refractivity contribution in [1.29, 1.82) is 0 Å². The van der Waals surface area contributed by atoms with Crippen LogP contribution in [0.4, 0.5) is 0 Å². The Kier molecular flexibility index (Phi) is 20.0. The lowest BCUT2D eigenvalue weighted by molar-refractivity contribution is -0.398. The second kappa shape index (κ2) is 25.5. The van der Waals surface area contributed by atoms with E-state index in [0.717, 1.165) is 12.8 Å². The van der Waals surface area contributed by atoms with Crippen LogP contribution in [0.3, 0.4) is 0 Å². The first-order valence-corrected chi connectivity index (χ1v) is 31.9. The maximum atomic E-state index is 12.5. The van der Waals surface area contributed by atoms with Crippen molar-refractivity contribution in [3.05, 3.63) is 11.6 Å². The molecule has 4 aliphatic carbocycles. The number of aliphatic hydroxyl groups excluding tert-OH is 12. The minimum absolute atomic E-state index is 0.0597. The predicted molar refractivity (Wildman–Crippen MR) is 289 cm³/mol. The van der Waals surface area contributed by atoms with Crippen LogP contribution >= 0.6 is 0 Å². The summed E-state index contributed by atoms with van der Waals surface area (Å²) in [6.07, 6.45) is -37.2. The highest BCUT2D eigenvalue weighted by Crippen LogP contribution is 2.68. The molecule has 0 bridgehead atoms. The molecule has 6 aliphatic heterocycles. The van der Waals surface area contributed by atoms with Crippen LogP contribution in [0.2, 0.25) is 0 Å². The number of fused-ring (bicyclic) bond motifs is 5. The van der Waals surface area contributed by atoms with Crippen molar-refractivity contribution in [3.63, 3.8) is 0 Å². The molecule has 23 unspecified atom stereocenters. The highest BCUT2D eigenvalue weighted by atomic mass is 32.3. The zero-order chi connectivity index (χ0) is 62.8. The largest absolute Gasteiger partial charge is 0.397 e. The zero-order valence-corrected chi connectivity index (χ0v) is 50.8. The van der Waals surface area contributed by atoms with Crippen LogP contribution in [0.25, 0.3) is 0 Å². The maximum absolute atomic E-state index is 12.5. The lowest BCUT2D eigenvalue weighted by Gasteiger charge is -2.60. The molecule has 496 valence electrons. The Morgan fingerprint density at radius 1 is 0.616 bits per heavy atom. The summed E-state index contributed by atoms with van der Waals surface area (Å²) in [6.45, 7) is 15.4. The second-order valence-corrected chi connectivity index (χ2v) is 28.4. The Hall–Kier alpha value is -1.35. The minimum Gasteiger partial charge on any atom is -0.394 e. The molecule has 10 rings (SSSR count). The van der Waals surface area contributed by atoms with Gasteiger partial charge in [0.2, 0.25) is 0 Å². The molecule has 0 aromatic carbocycles. The van der Waals surface area contributed by atoms with Crippen molar-refractivity contribution < 1.29 is 136 Å². The fourth-order valence-electron chi connectivity index (χ4n) is 16.2. The molecule has 3 saturated carbocycles. The lowest BCUT2D eigenvalue weighted by Crippen LogP contribution is -2.67. The van der Waals surface area contributed by atoms with Crippen molar-refractivity contribution in [3.8, 4) is 0 Å². The van der Waals surface area contributed by atoms with E-state index in [-0.39, 0.29) is 54.1 Å². The Morgan fingerprint density at radius 2 is 1.17 bits per heavy atom. The molecule has 6 heterocycles. The van der Waals surface area contributed by atoms with Gasteiger partial charge in [-0.3, -0.25) is 4.55 Å². The molecule has 9 fully saturated rings. The maximum Gasteiger partial charge on any atom is 0.397 e. The number of hydrogen-bond acceptors (Lipinski definition) is 27. The number of rotatable bonds is 17. The van der Waals surface area contributed by atoms with E-state index in [4.69, 9.17) is 56.3 Å². The summed E-state index contributed by atoms with van der Waals surface area (Å²) in [5.41, 5.74) is -0.931. The number of hydrogen-bond donors (Lipinski definition) is 14. The summed E-state index contributed by atoms with van der Waals surface area (Å²) in [7, 11) is -4.87. The van der Waals surface area contributed by atoms with E-state index in [9.17, 15) is 79.4 Å². The number of allylic oxidation sites excluding steroid dienone is 2. The quantitative estimate of drug-likeness (QED) is 0.0403. The molecule has 86 heavy (non-hydrogen) atoms. The van der Waals surface area contributed by atoms with E-state index in [1.807, 2.05) is 6.92 Å². The van der Waals surface area contributed by atoms with Gasteiger partial charge in [-0.2, -0.15) is 8.42 Å². The normalized spacial score (nSPS) is 53.6. The van der Waals surface area contributed by atoms with Crippen LogP contribution in [0.15, 0.2) is 11.6 Å². The van der Waals surface area contributed by atoms with Crippen LogP contribution < -0.4 is 0 Å². The van der Waals surface area contributed by atoms with Crippen molar-refractivity contribution in [2.75, 3.05) is 13.2 Å². The van der Waals surface area contributed by atoms with E-state index >= 15 is 0 Å². The monoisotopic (exact) mass is 1260 g/mol. The number of ether oxygens (including phenoxy) is 11. The molecule has 6 saturated heterocycles. The molecule has 0 amide bonds. The second-order valence-electron chi connectivity index (χ2n) is 27.3. The van der Waals surface area contributed by atoms with Crippen LogP contribution in [0.5, 0.6) is 0 Å². The smallest absolute Gasteiger partial charge is 0.394 e. The van der Waals surface area contributed by atoms with Crippen molar-refractivity contribution in [2.24, 2.45) is 46.3 Å². The van der Waals surface area contributed by atoms with Crippen LogP contribution in [0, 0.1) is 46.3 Å². The Balaban J connectivity index is 0.912. The zero-order valence-electron chi connectivity index (χ0n) is 50.0. The number of aliphatic hydroxyl groups is 13. The molecular weight excluding hydrogens is 1160 g/mol. The van der Waals surface area contributed by atoms with Gasteiger partial charge < -0.3 is 118 Å². The van der Waals surface area contributed by atoms with E-state index in [1.165, 1.54) is 26.3 Å². The highest BCUT2D eigenvalue weighted by Gasteiger charge is 2.67. The van der Waals surface area contributed by atoms with Gasteiger partial charge in [0, 0.05) is 0 Å². The third kappa shape index (κ3) is 12.5. The van der Waals surface area contributed by atoms with E-state index in [0.29, 0.717) is 25.2 Å². The summed E-state index contributed by atoms with van der Waals surface area (Å²) in [4.78, 5) is 0. The molecule has 29 heteroatoms. The van der Waals surface area contributed by atoms with Crippen molar-refractivity contribution in [2.45, 2.75) is 285 Å². The average molecular weight is 1260 g/mol. The molecular formula is C57H94O28S. The third-order valence-electron chi connectivity index (χ3n) is 21.7. The van der Waals surface area contributed by atoms with Gasteiger partial charge in [-0.25, -0.2) is 4.18 Å². The molecule has 0 spiro atoms. The topological polar surface area (TPSA) is 431 Å². The number of epoxide rings is 1. The molecule has 0 aromatic heterocycles. The molecule has 0 radical (unpaired) electrons. The third-order valence-corrected chi connectivity index (χ3v) is 22.2. The van der Waals surface area contributed by atoms with Gasteiger partial charge >= 0.3 is 10.4 Å². The highest BCUT2D eigenvalue weighted by molar-refractivity contribution is 7.80. The Labute approximate surface area is 500 Å². The molecule has 10 aliphatic rings. The first-order chi connectivity index (χ1) is 40.2. The van der Waals surface area contributed by atoms with E-state index in [1.54, 1.807) is 0 Å². The summed E-state index contributed by atoms with van der Waals surface area (Å²) >= 11 is 0. The van der Waals surface area contributed by atoms with Gasteiger partial charge in [0.1, 0.15) is 104 Å². The summed E-state index contributed by atoms with van der Waals surface area (Å²) in [5.74, 6) is -0.0475. The SMILES string of the molecule is CC(C)C(C)C1OC1C(C)(O)[C@H]1CCC2C3CC(O[C@@H]4OC(C)[C@@H](O)C(O[C@@H]5OC[C@@H](O[C@@H]6OC(CO)[C@H](O)C(O)C6O[C@@H]6OC(C)[C@@H](O)C(O)C6O)C(O)C5O[C@@H]5OC(C)[C@@H](O)C(O)C5O)C4O)C4CC(OS(=O)(=O)O)CC[C@]4(C)C3=CC[C@@]21C. The van der Waals surface area contributed by atoms with E-state index < -0.39 is 200 Å². The average Bonchev–Trinajstić information content (AvgIpc) is 1.38. The van der Waals surface area contributed by atoms with Gasteiger partial charge in [-0.15, -0.1) is 0 Å². The van der Waals surface area contributed by atoms with Gasteiger partial charge in [0.25, 0.3) is 0 Å². The molecule has 14 N–H and O–H groups in total.